The zero-order valence-corrected chi connectivity index (χ0v) is 11.5. The molecule has 1 fully saturated rings. The Labute approximate surface area is 110 Å². The third kappa shape index (κ3) is 5.07. The molecule has 0 aromatic rings. The summed E-state index contributed by atoms with van der Waals surface area (Å²) in [5.41, 5.74) is 0. The number of hydrogen-bond donors (Lipinski definition) is 1. The van der Waals surface area contributed by atoms with Crippen molar-refractivity contribution in [3.8, 4) is 0 Å². The van der Waals surface area contributed by atoms with Gasteiger partial charge in [-0.3, -0.25) is 9.69 Å². The minimum absolute atomic E-state index is 0.285. The Balaban J connectivity index is 2.75. The van der Waals surface area contributed by atoms with Gasteiger partial charge >= 0.3 is 6.18 Å². The minimum Gasteiger partial charge on any atom is -0.382 e. The molecular formula is C10H17F3N2O3S. The Bertz CT molecular complexity index is 449. The van der Waals surface area contributed by atoms with E-state index in [9.17, 15) is 22.2 Å². The van der Waals surface area contributed by atoms with E-state index < -0.39 is 40.5 Å². The molecule has 0 bridgehead atoms. The first-order valence-corrected chi connectivity index (χ1v) is 8.03. The van der Waals surface area contributed by atoms with Gasteiger partial charge in [-0.05, 0) is 19.4 Å². The number of likely N-dealkylation sites (tertiary alicyclic amines) is 1. The zero-order valence-electron chi connectivity index (χ0n) is 10.7. The second-order valence-corrected chi connectivity index (χ2v) is 7.37. The second-order valence-electron chi connectivity index (χ2n) is 4.82. The molecule has 0 saturated carbocycles. The van der Waals surface area contributed by atoms with Crippen LogP contribution in [0.4, 0.5) is 13.2 Å². The molecule has 9 heteroatoms. The van der Waals surface area contributed by atoms with Crippen LogP contribution in [0.3, 0.4) is 0 Å². The molecule has 1 amide bonds. The van der Waals surface area contributed by atoms with Crippen molar-refractivity contribution in [2.45, 2.75) is 31.2 Å². The molecule has 0 aromatic heterocycles. The number of amides is 1. The fourth-order valence-electron chi connectivity index (χ4n) is 1.93. The highest BCUT2D eigenvalue weighted by atomic mass is 32.2. The van der Waals surface area contributed by atoms with Crippen LogP contribution in [0.25, 0.3) is 0 Å². The third-order valence-electron chi connectivity index (χ3n) is 2.74. The molecular weight excluding hydrogens is 285 g/mol. The van der Waals surface area contributed by atoms with E-state index in [1.165, 1.54) is 17.4 Å². The average molecular weight is 302 g/mol. The van der Waals surface area contributed by atoms with Crippen LogP contribution in [0.5, 0.6) is 0 Å². The van der Waals surface area contributed by atoms with Crippen LogP contribution in [0.2, 0.25) is 0 Å². The van der Waals surface area contributed by atoms with Crippen LogP contribution in [0, 0.1) is 0 Å². The highest BCUT2D eigenvalue weighted by Crippen LogP contribution is 2.25. The number of halogens is 3. The maximum Gasteiger partial charge on any atom is 0.415 e. The largest absolute Gasteiger partial charge is 0.415 e. The van der Waals surface area contributed by atoms with Crippen molar-refractivity contribution >= 4 is 15.6 Å². The van der Waals surface area contributed by atoms with E-state index in [2.05, 4.69) is 4.36 Å². The molecule has 19 heavy (non-hydrogen) atoms. The van der Waals surface area contributed by atoms with Gasteiger partial charge in [0.05, 0.1) is 6.04 Å². The molecule has 1 rings (SSSR count). The van der Waals surface area contributed by atoms with E-state index in [1.807, 2.05) is 0 Å². The van der Waals surface area contributed by atoms with Gasteiger partial charge < -0.3 is 5.11 Å². The van der Waals surface area contributed by atoms with E-state index in [1.54, 1.807) is 0 Å². The molecule has 5 nitrogen and oxygen atoms in total. The highest BCUT2D eigenvalue weighted by molar-refractivity contribution is 7.92. The van der Waals surface area contributed by atoms with Crippen molar-refractivity contribution in [3.63, 3.8) is 0 Å². The minimum atomic E-state index is -4.71. The predicted molar refractivity (Wildman–Crippen MR) is 64.1 cm³/mol. The maximum absolute atomic E-state index is 12.3. The molecule has 0 aromatic carbocycles. The van der Waals surface area contributed by atoms with Crippen LogP contribution in [-0.4, -0.2) is 64.0 Å². The summed E-state index contributed by atoms with van der Waals surface area (Å²) in [4.78, 5) is 13.0. The Morgan fingerprint density at radius 2 is 2.11 bits per heavy atom. The van der Waals surface area contributed by atoms with Gasteiger partial charge in [-0.2, -0.15) is 17.5 Å². The van der Waals surface area contributed by atoms with E-state index in [0.29, 0.717) is 12.8 Å². The van der Waals surface area contributed by atoms with Crippen molar-refractivity contribution in [1.82, 2.24) is 4.90 Å². The Morgan fingerprint density at radius 3 is 2.58 bits per heavy atom. The number of aliphatic hydroxyl groups is 1. The lowest BCUT2D eigenvalue weighted by Gasteiger charge is -2.25. The van der Waals surface area contributed by atoms with Crippen molar-refractivity contribution in [3.05, 3.63) is 0 Å². The van der Waals surface area contributed by atoms with Gasteiger partial charge in [0.2, 0.25) is 0 Å². The van der Waals surface area contributed by atoms with Crippen molar-refractivity contribution in [2.24, 2.45) is 4.36 Å². The van der Waals surface area contributed by atoms with Crippen LogP contribution in [0.15, 0.2) is 4.36 Å². The maximum atomic E-state index is 12.3. The standard InChI is InChI=1S/C10H17F3N2O3S/c1-19(2,18)14-9(17)7-4-3-5-15(7)6-8(16)10(11,12)13/h7-8,16H,3-6H2,1-2H3/t7-,8-/m0/s1. The van der Waals surface area contributed by atoms with Crippen LogP contribution in [0.1, 0.15) is 12.8 Å². The van der Waals surface area contributed by atoms with Gasteiger partial charge in [0.15, 0.2) is 6.10 Å². The van der Waals surface area contributed by atoms with Crippen LogP contribution < -0.4 is 0 Å². The number of β-amino-alcohol motifs (C(OH)–C–C–N with tert-alkyl or cyclic N) is 1. The first kappa shape index (κ1) is 16.4. The molecule has 1 saturated heterocycles. The van der Waals surface area contributed by atoms with Crippen LogP contribution in [-0.2, 0) is 14.5 Å². The SMILES string of the molecule is CS(C)(=O)=NC(=O)[C@@H]1CCCN1C[C@H](O)C(F)(F)F. The quantitative estimate of drug-likeness (QED) is 0.830. The molecule has 1 heterocycles. The fourth-order valence-corrected chi connectivity index (χ4v) is 2.48. The molecule has 2 atom stereocenters. The summed E-state index contributed by atoms with van der Waals surface area (Å²) in [5, 5.41) is 9.01. The molecule has 1 N–H and O–H groups in total. The number of carbonyl (C=O) groups is 1. The second kappa shape index (κ2) is 5.76. The first-order chi connectivity index (χ1) is 8.50. The normalized spacial score (nSPS) is 23.4. The molecule has 0 spiro atoms. The van der Waals surface area contributed by atoms with E-state index in [4.69, 9.17) is 5.11 Å². The van der Waals surface area contributed by atoms with E-state index in [-0.39, 0.29) is 6.54 Å². The number of carbonyl (C=O) groups excluding carboxylic acids is 1. The Morgan fingerprint density at radius 1 is 1.53 bits per heavy atom. The van der Waals surface area contributed by atoms with Gasteiger partial charge in [0, 0.05) is 28.8 Å². The van der Waals surface area contributed by atoms with Gasteiger partial charge in [0.1, 0.15) is 0 Å². The fraction of sp³-hybridized carbons (Fsp3) is 0.900. The monoisotopic (exact) mass is 302 g/mol. The van der Waals surface area contributed by atoms with Gasteiger partial charge in [-0.1, -0.05) is 0 Å². The summed E-state index contributed by atoms with van der Waals surface area (Å²) < 4.78 is 51.7. The number of nitrogens with zero attached hydrogens (tertiary/aromatic N) is 2. The summed E-state index contributed by atoms with van der Waals surface area (Å²) >= 11 is 0. The van der Waals surface area contributed by atoms with Crippen molar-refractivity contribution in [1.29, 1.82) is 0 Å². The lowest BCUT2D eigenvalue weighted by Crippen LogP contribution is -2.45. The topological polar surface area (TPSA) is 70.0 Å². The summed E-state index contributed by atoms with van der Waals surface area (Å²) in [6.07, 6.45) is -3.72. The smallest absolute Gasteiger partial charge is 0.382 e. The lowest BCUT2D eigenvalue weighted by molar-refractivity contribution is -0.208. The van der Waals surface area contributed by atoms with Crippen molar-refractivity contribution < 1.29 is 27.3 Å². The van der Waals surface area contributed by atoms with E-state index >= 15 is 0 Å². The number of alkyl halides is 3. The lowest BCUT2D eigenvalue weighted by atomic mass is 10.2. The van der Waals surface area contributed by atoms with Gasteiger partial charge in [0.25, 0.3) is 5.91 Å². The Hall–Kier alpha value is -0.670. The first-order valence-electron chi connectivity index (χ1n) is 5.70. The third-order valence-corrected chi connectivity index (χ3v) is 3.36. The summed E-state index contributed by atoms with van der Waals surface area (Å²) in [6.45, 7) is -0.377. The van der Waals surface area contributed by atoms with Crippen molar-refractivity contribution in [2.75, 3.05) is 25.6 Å². The Kier molecular flexibility index (Phi) is 4.97. The van der Waals surface area contributed by atoms with Gasteiger partial charge in [-0.15, -0.1) is 0 Å². The highest BCUT2D eigenvalue weighted by Gasteiger charge is 2.42. The van der Waals surface area contributed by atoms with Gasteiger partial charge in [-0.25, -0.2) is 4.21 Å². The molecule has 0 unspecified atom stereocenters. The summed E-state index contributed by atoms with van der Waals surface area (Å²) in [7, 11) is -2.63. The molecule has 0 aliphatic carbocycles. The molecule has 1 aliphatic rings. The van der Waals surface area contributed by atoms with E-state index in [0.717, 1.165) is 0 Å². The number of rotatable bonds is 3. The predicted octanol–water partition coefficient (Wildman–Crippen LogP) is 0.628. The summed E-state index contributed by atoms with van der Waals surface area (Å²) in [5.74, 6) is -0.679. The molecule has 1 aliphatic heterocycles. The zero-order chi connectivity index (χ0) is 14.8. The molecule has 0 radical (unpaired) electrons. The molecule has 112 valence electrons. The number of hydrogen-bond acceptors (Lipinski definition) is 4. The average Bonchev–Trinajstić information content (AvgIpc) is 2.61. The summed E-state index contributed by atoms with van der Waals surface area (Å²) in [6, 6.07) is -0.822. The number of aliphatic hydroxyl groups excluding tert-OH is 1. The van der Waals surface area contributed by atoms with Crippen LogP contribution >= 0.6 is 0 Å².